The number of anilines is 1. The summed E-state index contributed by atoms with van der Waals surface area (Å²) in [5.74, 6) is -0.687. The maximum Gasteiger partial charge on any atom is 0.255 e. The third-order valence-corrected chi connectivity index (χ3v) is 5.60. The second kappa shape index (κ2) is 7.88. The van der Waals surface area contributed by atoms with Gasteiger partial charge in [-0.2, -0.15) is 0 Å². The molecule has 0 radical (unpaired) electrons. The molecule has 1 aromatic carbocycles. The summed E-state index contributed by atoms with van der Waals surface area (Å²) in [7, 11) is 0. The van der Waals surface area contributed by atoms with Crippen molar-refractivity contribution >= 4 is 28.8 Å². The van der Waals surface area contributed by atoms with Gasteiger partial charge in [-0.1, -0.05) is 0 Å². The van der Waals surface area contributed by atoms with E-state index in [0.717, 1.165) is 19.5 Å². The highest BCUT2D eigenvalue weighted by atomic mass is 32.1. The lowest BCUT2D eigenvalue weighted by atomic mass is 10.1. The monoisotopic (exact) mass is 373 g/mol. The minimum absolute atomic E-state index is 0.106. The van der Waals surface area contributed by atoms with Crippen molar-refractivity contribution in [2.24, 2.45) is 0 Å². The Balaban J connectivity index is 1.59. The van der Waals surface area contributed by atoms with Crippen molar-refractivity contribution in [3.8, 4) is 5.75 Å². The largest absolute Gasteiger partial charge is 0.507 e. The predicted octanol–water partition coefficient (Wildman–Crippen LogP) is 2.59. The Hall–Kier alpha value is -2.38. The zero-order valence-electron chi connectivity index (χ0n) is 14.9. The van der Waals surface area contributed by atoms with Gasteiger partial charge in [0.25, 0.3) is 5.91 Å². The third-order valence-electron chi connectivity index (χ3n) is 4.58. The molecule has 0 spiro atoms. The van der Waals surface area contributed by atoms with E-state index >= 15 is 0 Å². The highest BCUT2D eigenvalue weighted by Gasteiger charge is 2.22. The summed E-state index contributed by atoms with van der Waals surface area (Å²) < 4.78 is 0. The zero-order valence-corrected chi connectivity index (χ0v) is 15.7. The van der Waals surface area contributed by atoms with Gasteiger partial charge in [0.05, 0.1) is 5.56 Å². The first-order valence-electron chi connectivity index (χ1n) is 8.62. The first-order valence-corrected chi connectivity index (χ1v) is 9.50. The first kappa shape index (κ1) is 18.4. The number of amides is 2. The summed E-state index contributed by atoms with van der Waals surface area (Å²) in [5, 5.41) is 17.6. The Bertz CT molecular complexity index is 818. The quantitative estimate of drug-likeness (QED) is 0.704. The molecule has 6 nitrogen and oxygen atoms in total. The number of nitrogens with zero attached hydrogens (tertiary/aromatic N) is 1. The number of carbonyl (C=O) groups is 2. The molecule has 2 heterocycles. The number of hydrogen-bond acceptors (Lipinski definition) is 5. The van der Waals surface area contributed by atoms with E-state index in [2.05, 4.69) is 33.9 Å². The van der Waals surface area contributed by atoms with Gasteiger partial charge in [0.15, 0.2) is 0 Å². The molecule has 7 heteroatoms. The standard InChI is InChI=1S/C19H23N3O3S/c1-12(22-7-5-18-14(11-22)6-8-26-18)10-20-19(25)16-9-15(21-13(2)23)3-4-17(16)24/h3-4,6,8-9,12,24H,5,7,10-11H2,1-2H3,(H,20,25)(H,21,23). The normalized spacial score (nSPS) is 15.2. The lowest BCUT2D eigenvalue weighted by Crippen LogP contribution is -2.44. The lowest BCUT2D eigenvalue weighted by Gasteiger charge is -2.32. The summed E-state index contributed by atoms with van der Waals surface area (Å²) >= 11 is 1.81. The summed E-state index contributed by atoms with van der Waals surface area (Å²) in [6.07, 6.45) is 1.05. The highest BCUT2D eigenvalue weighted by molar-refractivity contribution is 7.10. The van der Waals surface area contributed by atoms with Crippen LogP contribution < -0.4 is 10.6 Å². The SMILES string of the molecule is CC(=O)Nc1ccc(O)c(C(=O)NCC(C)N2CCc3sccc3C2)c1. The van der Waals surface area contributed by atoms with E-state index in [0.29, 0.717) is 12.2 Å². The van der Waals surface area contributed by atoms with Gasteiger partial charge in [-0.05, 0) is 48.6 Å². The van der Waals surface area contributed by atoms with Crippen molar-refractivity contribution in [3.63, 3.8) is 0 Å². The zero-order chi connectivity index (χ0) is 18.7. The molecule has 138 valence electrons. The van der Waals surface area contributed by atoms with Gasteiger partial charge >= 0.3 is 0 Å². The average molecular weight is 373 g/mol. The average Bonchev–Trinajstić information content (AvgIpc) is 3.08. The fourth-order valence-electron chi connectivity index (χ4n) is 3.11. The van der Waals surface area contributed by atoms with E-state index in [4.69, 9.17) is 0 Å². The van der Waals surface area contributed by atoms with E-state index in [-0.39, 0.29) is 29.2 Å². The Labute approximate surface area is 156 Å². The lowest BCUT2D eigenvalue weighted by molar-refractivity contribution is -0.114. The van der Waals surface area contributed by atoms with Crippen LogP contribution in [0.3, 0.4) is 0 Å². The summed E-state index contributed by atoms with van der Waals surface area (Å²) in [6.45, 7) is 5.85. The van der Waals surface area contributed by atoms with Crippen LogP contribution >= 0.6 is 11.3 Å². The molecule has 0 bridgehead atoms. The van der Waals surface area contributed by atoms with Gasteiger partial charge in [0.2, 0.25) is 5.91 Å². The molecule has 3 rings (SSSR count). The molecule has 1 unspecified atom stereocenters. The number of fused-ring (bicyclic) bond motifs is 1. The van der Waals surface area contributed by atoms with Crippen molar-refractivity contribution in [2.75, 3.05) is 18.4 Å². The molecular weight excluding hydrogens is 350 g/mol. The molecule has 0 saturated carbocycles. The minimum Gasteiger partial charge on any atom is -0.507 e. The van der Waals surface area contributed by atoms with E-state index in [1.165, 1.54) is 29.5 Å². The van der Waals surface area contributed by atoms with Crippen LogP contribution in [0.1, 0.15) is 34.6 Å². The molecule has 2 aromatic rings. The maximum absolute atomic E-state index is 12.4. The smallest absolute Gasteiger partial charge is 0.255 e. The van der Waals surface area contributed by atoms with Crippen LogP contribution in [0.2, 0.25) is 0 Å². The Morgan fingerprint density at radius 1 is 1.35 bits per heavy atom. The maximum atomic E-state index is 12.4. The van der Waals surface area contributed by atoms with Crippen LogP contribution in [-0.4, -0.2) is 41.0 Å². The molecule has 3 N–H and O–H groups in total. The van der Waals surface area contributed by atoms with Crippen molar-refractivity contribution < 1.29 is 14.7 Å². The molecule has 1 atom stereocenters. The summed E-state index contributed by atoms with van der Waals surface area (Å²) in [6, 6.07) is 6.81. The Morgan fingerprint density at radius 3 is 2.92 bits per heavy atom. The molecule has 1 aliphatic rings. The van der Waals surface area contributed by atoms with Crippen molar-refractivity contribution in [2.45, 2.75) is 32.9 Å². The fourth-order valence-corrected chi connectivity index (χ4v) is 4.00. The number of benzene rings is 1. The molecule has 0 saturated heterocycles. The molecule has 1 aliphatic heterocycles. The summed E-state index contributed by atoms with van der Waals surface area (Å²) in [4.78, 5) is 27.4. The van der Waals surface area contributed by atoms with Crippen LogP contribution in [0.25, 0.3) is 0 Å². The van der Waals surface area contributed by atoms with E-state index in [1.54, 1.807) is 6.07 Å². The number of rotatable bonds is 5. The predicted molar refractivity (Wildman–Crippen MR) is 103 cm³/mol. The van der Waals surface area contributed by atoms with Gasteiger partial charge < -0.3 is 15.7 Å². The number of thiophene rings is 1. The second-order valence-electron chi connectivity index (χ2n) is 6.56. The van der Waals surface area contributed by atoms with Crippen molar-refractivity contribution in [1.82, 2.24) is 10.2 Å². The van der Waals surface area contributed by atoms with Crippen LogP contribution in [0, 0.1) is 0 Å². The van der Waals surface area contributed by atoms with Gasteiger partial charge in [-0.15, -0.1) is 11.3 Å². The number of aromatic hydroxyl groups is 1. The third kappa shape index (κ3) is 4.23. The molecule has 1 aromatic heterocycles. The van der Waals surface area contributed by atoms with E-state index in [1.807, 2.05) is 11.3 Å². The number of hydrogen-bond donors (Lipinski definition) is 3. The van der Waals surface area contributed by atoms with Gasteiger partial charge in [0.1, 0.15) is 5.75 Å². The van der Waals surface area contributed by atoms with Crippen molar-refractivity contribution in [3.05, 3.63) is 45.6 Å². The Morgan fingerprint density at radius 2 is 2.15 bits per heavy atom. The van der Waals surface area contributed by atoms with Crippen LogP contribution in [-0.2, 0) is 17.8 Å². The molecule has 0 aliphatic carbocycles. The fraction of sp³-hybridized carbons (Fsp3) is 0.368. The topological polar surface area (TPSA) is 81.7 Å². The molecule has 0 fully saturated rings. The molecule has 2 amide bonds. The number of phenolic OH excluding ortho intramolecular Hbond substituents is 1. The number of phenols is 1. The van der Waals surface area contributed by atoms with E-state index in [9.17, 15) is 14.7 Å². The van der Waals surface area contributed by atoms with Gasteiger partial charge in [-0.25, -0.2) is 0 Å². The van der Waals surface area contributed by atoms with Crippen LogP contribution in [0.15, 0.2) is 29.6 Å². The number of carbonyl (C=O) groups excluding carboxylic acids is 2. The number of nitrogens with one attached hydrogen (secondary N) is 2. The highest BCUT2D eigenvalue weighted by Crippen LogP contribution is 2.25. The van der Waals surface area contributed by atoms with Gasteiger partial charge in [-0.3, -0.25) is 14.5 Å². The Kier molecular flexibility index (Phi) is 5.58. The van der Waals surface area contributed by atoms with Crippen molar-refractivity contribution in [1.29, 1.82) is 0 Å². The van der Waals surface area contributed by atoms with Gasteiger partial charge in [0, 0.05) is 43.2 Å². The van der Waals surface area contributed by atoms with Crippen LogP contribution in [0.5, 0.6) is 5.75 Å². The second-order valence-corrected chi connectivity index (χ2v) is 7.56. The first-order chi connectivity index (χ1) is 12.4. The minimum atomic E-state index is -0.352. The van der Waals surface area contributed by atoms with Crippen LogP contribution in [0.4, 0.5) is 5.69 Å². The molecule has 26 heavy (non-hydrogen) atoms. The van der Waals surface area contributed by atoms with E-state index < -0.39 is 0 Å². The molecular formula is C19H23N3O3S. The summed E-state index contributed by atoms with van der Waals surface area (Å²) in [5.41, 5.74) is 2.01.